The maximum Gasteiger partial charge on any atom is 0.258 e. The van der Waals surface area contributed by atoms with E-state index in [4.69, 9.17) is 16.3 Å². The molecule has 0 unspecified atom stereocenters. The zero-order valence-corrected chi connectivity index (χ0v) is 13.7. The lowest BCUT2D eigenvalue weighted by molar-refractivity contribution is 0.102. The summed E-state index contributed by atoms with van der Waals surface area (Å²) in [5, 5.41) is 2.95. The molecule has 0 bridgehead atoms. The van der Waals surface area contributed by atoms with Gasteiger partial charge < -0.3 is 10.1 Å². The number of hydrogen-bond acceptors (Lipinski definition) is 3. The van der Waals surface area contributed by atoms with E-state index < -0.39 is 0 Å². The number of anilines is 1. The predicted octanol–water partition coefficient (Wildman–Crippen LogP) is 4.54. The van der Waals surface area contributed by atoms with E-state index in [-0.39, 0.29) is 11.1 Å². The van der Waals surface area contributed by atoms with Crippen LogP contribution in [-0.4, -0.2) is 17.5 Å². The van der Waals surface area contributed by atoms with E-state index in [1.807, 2.05) is 25.1 Å². The van der Waals surface area contributed by atoms with Crippen LogP contribution in [0.15, 0.2) is 41.0 Å². The van der Waals surface area contributed by atoms with Gasteiger partial charge in [0.05, 0.1) is 17.9 Å². The first-order valence-corrected chi connectivity index (χ1v) is 7.63. The van der Waals surface area contributed by atoms with E-state index in [9.17, 15) is 4.79 Å². The number of rotatable bonds is 5. The maximum absolute atomic E-state index is 12.3. The van der Waals surface area contributed by atoms with Gasteiger partial charge in [0.25, 0.3) is 5.91 Å². The van der Waals surface area contributed by atoms with Gasteiger partial charge in [-0.05, 0) is 40.5 Å². The van der Waals surface area contributed by atoms with Crippen LogP contribution in [0.3, 0.4) is 0 Å². The van der Waals surface area contributed by atoms with Gasteiger partial charge in [-0.1, -0.05) is 30.7 Å². The molecule has 0 atom stereocenters. The van der Waals surface area contributed by atoms with Gasteiger partial charge in [-0.15, -0.1) is 0 Å². The molecule has 6 heteroatoms. The van der Waals surface area contributed by atoms with Crippen molar-refractivity contribution in [1.29, 1.82) is 0 Å². The first-order chi connectivity index (χ1) is 10.1. The van der Waals surface area contributed by atoms with Crippen LogP contribution < -0.4 is 10.1 Å². The van der Waals surface area contributed by atoms with Crippen molar-refractivity contribution in [2.24, 2.45) is 0 Å². The monoisotopic (exact) mass is 368 g/mol. The van der Waals surface area contributed by atoms with Gasteiger partial charge in [0.2, 0.25) is 0 Å². The zero-order chi connectivity index (χ0) is 15.2. The maximum atomic E-state index is 12.3. The normalized spacial score (nSPS) is 10.2. The Morgan fingerprint density at radius 2 is 2.19 bits per heavy atom. The summed E-state index contributed by atoms with van der Waals surface area (Å²) in [6.45, 7) is 2.61. The van der Waals surface area contributed by atoms with Crippen LogP contribution in [0.1, 0.15) is 23.7 Å². The van der Waals surface area contributed by atoms with Crippen LogP contribution in [-0.2, 0) is 0 Å². The van der Waals surface area contributed by atoms with Crippen LogP contribution in [0.4, 0.5) is 5.69 Å². The summed E-state index contributed by atoms with van der Waals surface area (Å²) in [5.74, 6) is 0.299. The zero-order valence-electron chi connectivity index (χ0n) is 11.4. The number of halogens is 2. The van der Waals surface area contributed by atoms with Crippen molar-refractivity contribution >= 4 is 39.1 Å². The van der Waals surface area contributed by atoms with E-state index in [0.717, 1.165) is 6.42 Å². The van der Waals surface area contributed by atoms with Gasteiger partial charge in [-0.3, -0.25) is 4.79 Å². The molecule has 0 saturated carbocycles. The molecule has 1 aromatic heterocycles. The van der Waals surface area contributed by atoms with Crippen LogP contribution in [0.2, 0.25) is 5.15 Å². The molecule has 4 nitrogen and oxygen atoms in total. The highest BCUT2D eigenvalue weighted by molar-refractivity contribution is 9.10. The molecule has 0 aliphatic carbocycles. The second-order valence-corrected chi connectivity index (χ2v) is 5.56. The van der Waals surface area contributed by atoms with E-state index in [0.29, 0.717) is 28.1 Å². The van der Waals surface area contributed by atoms with Gasteiger partial charge in [-0.25, -0.2) is 4.98 Å². The SMILES string of the molecule is CCCOc1ccccc1NC(=O)c1cc(Br)cnc1Cl. The lowest BCUT2D eigenvalue weighted by Crippen LogP contribution is -2.14. The first-order valence-electron chi connectivity index (χ1n) is 6.46. The Hall–Kier alpha value is -1.59. The second-order valence-electron chi connectivity index (χ2n) is 4.29. The molecule has 0 saturated heterocycles. The number of amides is 1. The molecule has 1 aromatic carbocycles. The highest BCUT2D eigenvalue weighted by Gasteiger charge is 2.14. The topological polar surface area (TPSA) is 51.2 Å². The molecule has 110 valence electrons. The average Bonchev–Trinajstić information content (AvgIpc) is 2.48. The molecular formula is C15H14BrClN2O2. The smallest absolute Gasteiger partial charge is 0.258 e. The number of pyridine rings is 1. The molecule has 2 rings (SSSR count). The third-order valence-electron chi connectivity index (χ3n) is 2.65. The number of carbonyl (C=O) groups is 1. The number of benzene rings is 1. The van der Waals surface area contributed by atoms with E-state index in [1.54, 1.807) is 12.1 Å². The minimum Gasteiger partial charge on any atom is -0.491 e. The largest absolute Gasteiger partial charge is 0.491 e. The number of nitrogens with one attached hydrogen (secondary N) is 1. The molecule has 0 fully saturated rings. The number of aromatic nitrogens is 1. The molecule has 0 aliphatic rings. The summed E-state index contributed by atoms with van der Waals surface area (Å²) >= 11 is 9.23. The van der Waals surface area contributed by atoms with Crippen molar-refractivity contribution in [1.82, 2.24) is 4.98 Å². The van der Waals surface area contributed by atoms with E-state index in [1.165, 1.54) is 6.20 Å². The fraction of sp³-hybridized carbons (Fsp3) is 0.200. The van der Waals surface area contributed by atoms with Crippen LogP contribution in [0.5, 0.6) is 5.75 Å². The van der Waals surface area contributed by atoms with Crippen LogP contribution in [0.25, 0.3) is 0 Å². The molecule has 0 aliphatic heterocycles. The Morgan fingerprint density at radius 3 is 2.95 bits per heavy atom. The summed E-state index contributed by atoms with van der Waals surface area (Å²) in [6.07, 6.45) is 2.43. The number of para-hydroxylation sites is 2. The Morgan fingerprint density at radius 1 is 1.43 bits per heavy atom. The molecule has 1 heterocycles. The molecule has 2 aromatic rings. The summed E-state index contributed by atoms with van der Waals surface area (Å²) < 4.78 is 6.29. The fourth-order valence-electron chi connectivity index (χ4n) is 1.68. The summed E-state index contributed by atoms with van der Waals surface area (Å²) in [6, 6.07) is 8.90. The third kappa shape index (κ3) is 4.19. The number of nitrogens with zero attached hydrogens (tertiary/aromatic N) is 1. The standard InChI is InChI=1S/C15H14BrClN2O2/c1-2-7-21-13-6-4-3-5-12(13)19-15(20)11-8-10(16)9-18-14(11)17/h3-6,8-9H,2,7H2,1H3,(H,19,20). The van der Waals surface area contributed by atoms with Gasteiger partial charge in [0, 0.05) is 10.7 Å². The van der Waals surface area contributed by atoms with Gasteiger partial charge in [-0.2, -0.15) is 0 Å². The molecule has 1 amide bonds. The average molecular weight is 370 g/mol. The van der Waals surface area contributed by atoms with Crippen molar-refractivity contribution in [3.8, 4) is 5.75 Å². The summed E-state index contributed by atoms with van der Waals surface area (Å²) in [7, 11) is 0. The van der Waals surface area contributed by atoms with Gasteiger partial charge >= 0.3 is 0 Å². The quantitative estimate of drug-likeness (QED) is 0.787. The number of carbonyl (C=O) groups excluding carboxylic acids is 1. The Bertz CT molecular complexity index is 649. The van der Waals surface area contributed by atoms with E-state index >= 15 is 0 Å². The minimum atomic E-state index is -0.332. The highest BCUT2D eigenvalue weighted by atomic mass is 79.9. The Balaban J connectivity index is 2.21. The predicted molar refractivity (Wildman–Crippen MR) is 87.1 cm³/mol. The lowest BCUT2D eigenvalue weighted by atomic mass is 10.2. The summed E-state index contributed by atoms with van der Waals surface area (Å²) in [4.78, 5) is 16.2. The lowest BCUT2D eigenvalue weighted by Gasteiger charge is -2.12. The number of hydrogen-bond donors (Lipinski definition) is 1. The van der Waals surface area contributed by atoms with Crippen molar-refractivity contribution in [3.05, 3.63) is 51.7 Å². The van der Waals surface area contributed by atoms with Crippen molar-refractivity contribution in [2.75, 3.05) is 11.9 Å². The van der Waals surface area contributed by atoms with Crippen LogP contribution >= 0.6 is 27.5 Å². The van der Waals surface area contributed by atoms with E-state index in [2.05, 4.69) is 26.2 Å². The minimum absolute atomic E-state index is 0.155. The molecule has 1 N–H and O–H groups in total. The van der Waals surface area contributed by atoms with Crippen LogP contribution in [0, 0.1) is 0 Å². The number of ether oxygens (including phenoxy) is 1. The Kier molecular flexibility index (Phi) is 5.59. The molecule has 0 radical (unpaired) electrons. The van der Waals surface area contributed by atoms with Crippen molar-refractivity contribution in [2.45, 2.75) is 13.3 Å². The fourth-order valence-corrected chi connectivity index (χ4v) is 2.20. The molecule has 0 spiro atoms. The summed E-state index contributed by atoms with van der Waals surface area (Å²) in [5.41, 5.74) is 0.906. The van der Waals surface area contributed by atoms with Crippen molar-refractivity contribution in [3.63, 3.8) is 0 Å². The van der Waals surface area contributed by atoms with Crippen molar-refractivity contribution < 1.29 is 9.53 Å². The first kappa shape index (κ1) is 15.8. The Labute approximate surface area is 136 Å². The van der Waals surface area contributed by atoms with Gasteiger partial charge in [0.1, 0.15) is 10.9 Å². The van der Waals surface area contributed by atoms with Gasteiger partial charge in [0.15, 0.2) is 0 Å². The second kappa shape index (κ2) is 7.43. The molecule has 21 heavy (non-hydrogen) atoms. The molecular weight excluding hydrogens is 356 g/mol. The third-order valence-corrected chi connectivity index (χ3v) is 3.38. The highest BCUT2D eigenvalue weighted by Crippen LogP contribution is 2.26.